The summed E-state index contributed by atoms with van der Waals surface area (Å²) in [5, 5.41) is 0.288. The van der Waals surface area contributed by atoms with Crippen LogP contribution in [0.1, 0.15) is 28.0 Å². The first kappa shape index (κ1) is 10.2. The summed E-state index contributed by atoms with van der Waals surface area (Å²) in [5.41, 5.74) is 0.424. The van der Waals surface area contributed by atoms with E-state index in [-0.39, 0.29) is 16.6 Å². The molecule has 0 aromatic carbocycles. The number of aldehydes is 1. The largest absolute Gasteiger partial charge is 0.296 e. The van der Waals surface area contributed by atoms with Gasteiger partial charge in [-0.15, -0.1) is 0 Å². The summed E-state index contributed by atoms with van der Waals surface area (Å²) in [5.74, 6) is 0. The maximum atomic E-state index is 12.3. The fraction of sp³-hybridized carbons (Fsp3) is 0.250. The van der Waals surface area contributed by atoms with Crippen LogP contribution in [0.3, 0.4) is 0 Å². The Hall–Kier alpha value is -0.840. The van der Waals surface area contributed by atoms with Crippen molar-refractivity contribution >= 4 is 22.2 Å². The molecule has 0 radical (unpaired) electrons. The lowest BCUT2D eigenvalue weighted by Gasteiger charge is -2.05. The minimum absolute atomic E-state index is 0.137. The predicted octanol–water partition coefficient (Wildman–Crippen LogP) is 2.73. The molecular weight excluding hydrogens is 244 g/mol. The minimum atomic E-state index is -2.55. The van der Waals surface area contributed by atoms with E-state index in [1.165, 1.54) is 6.07 Å². The Morgan fingerprint density at radius 2 is 2.31 bits per heavy atom. The van der Waals surface area contributed by atoms with Gasteiger partial charge in [-0.1, -0.05) is 15.9 Å². The summed E-state index contributed by atoms with van der Waals surface area (Å²) in [7, 11) is 0. The van der Waals surface area contributed by atoms with Crippen molar-refractivity contribution in [1.82, 2.24) is 4.98 Å². The number of aromatic nitrogens is 1. The summed E-state index contributed by atoms with van der Waals surface area (Å²) < 4.78 is 24.6. The molecule has 0 unspecified atom stereocenters. The van der Waals surface area contributed by atoms with E-state index in [0.717, 1.165) is 6.20 Å². The molecule has 0 spiro atoms. The highest BCUT2D eigenvalue weighted by Gasteiger charge is 2.13. The highest BCUT2D eigenvalue weighted by atomic mass is 79.9. The summed E-state index contributed by atoms with van der Waals surface area (Å²) in [6.07, 6.45) is -0.993. The van der Waals surface area contributed by atoms with Crippen molar-refractivity contribution in [2.45, 2.75) is 11.8 Å². The topological polar surface area (TPSA) is 30.0 Å². The van der Waals surface area contributed by atoms with Crippen molar-refractivity contribution in [3.05, 3.63) is 29.1 Å². The van der Waals surface area contributed by atoms with E-state index in [2.05, 4.69) is 20.9 Å². The van der Waals surface area contributed by atoms with Crippen LogP contribution in [-0.4, -0.2) is 11.3 Å². The quantitative estimate of drug-likeness (QED) is 0.609. The molecule has 2 nitrogen and oxygen atoms in total. The zero-order valence-electron chi connectivity index (χ0n) is 6.51. The van der Waals surface area contributed by atoms with E-state index in [4.69, 9.17) is 0 Å². The average molecular weight is 250 g/mol. The molecular formula is C8H6BrF2NO. The maximum absolute atomic E-state index is 12.3. The third-order valence-electron chi connectivity index (χ3n) is 1.55. The van der Waals surface area contributed by atoms with E-state index in [9.17, 15) is 13.6 Å². The van der Waals surface area contributed by atoms with E-state index in [1.807, 2.05) is 0 Å². The van der Waals surface area contributed by atoms with Gasteiger partial charge >= 0.3 is 0 Å². The molecule has 0 aliphatic carbocycles. The molecule has 70 valence electrons. The first-order valence-corrected chi connectivity index (χ1v) is 4.59. The number of rotatable bonds is 3. The number of pyridine rings is 1. The van der Waals surface area contributed by atoms with Crippen LogP contribution in [0.5, 0.6) is 0 Å². The second-order valence-electron chi connectivity index (χ2n) is 2.36. The van der Waals surface area contributed by atoms with Gasteiger partial charge in [0.25, 0.3) is 6.43 Å². The standard InChI is InChI=1S/C8H6BrF2NO/c9-2-5-1-6(4-13)12-3-7(5)8(10)11/h1,3-4,8H,2H2. The lowest BCUT2D eigenvalue weighted by atomic mass is 10.1. The van der Waals surface area contributed by atoms with Crippen LogP contribution < -0.4 is 0 Å². The Morgan fingerprint density at radius 1 is 1.62 bits per heavy atom. The van der Waals surface area contributed by atoms with Crippen molar-refractivity contribution in [1.29, 1.82) is 0 Å². The van der Waals surface area contributed by atoms with Gasteiger partial charge in [-0.2, -0.15) is 0 Å². The Kier molecular flexibility index (Phi) is 3.48. The summed E-state index contributed by atoms with van der Waals surface area (Å²) in [6.45, 7) is 0. The molecule has 1 aromatic rings. The number of carbonyl (C=O) groups is 1. The second-order valence-corrected chi connectivity index (χ2v) is 2.92. The monoisotopic (exact) mass is 249 g/mol. The third kappa shape index (κ3) is 2.30. The predicted molar refractivity (Wildman–Crippen MR) is 47.2 cm³/mol. The van der Waals surface area contributed by atoms with Crippen LogP contribution in [-0.2, 0) is 5.33 Å². The zero-order valence-corrected chi connectivity index (χ0v) is 8.09. The van der Waals surface area contributed by atoms with Crippen LogP contribution in [0.15, 0.2) is 12.3 Å². The molecule has 0 fully saturated rings. The van der Waals surface area contributed by atoms with Gasteiger partial charge in [0.05, 0.1) is 0 Å². The molecule has 13 heavy (non-hydrogen) atoms. The van der Waals surface area contributed by atoms with Gasteiger partial charge in [-0.05, 0) is 11.6 Å². The minimum Gasteiger partial charge on any atom is -0.296 e. The Labute approximate surface area is 82.1 Å². The SMILES string of the molecule is O=Cc1cc(CBr)c(C(F)F)cn1. The van der Waals surface area contributed by atoms with Crippen LogP contribution >= 0.6 is 15.9 Å². The Balaban J connectivity index is 3.15. The van der Waals surface area contributed by atoms with Gasteiger partial charge in [-0.3, -0.25) is 9.78 Å². The highest BCUT2D eigenvalue weighted by Crippen LogP contribution is 2.23. The van der Waals surface area contributed by atoms with Crippen molar-refractivity contribution in [2.24, 2.45) is 0 Å². The van der Waals surface area contributed by atoms with E-state index < -0.39 is 6.43 Å². The lowest BCUT2D eigenvalue weighted by molar-refractivity contribution is 0.111. The van der Waals surface area contributed by atoms with Crippen molar-refractivity contribution in [3.63, 3.8) is 0 Å². The van der Waals surface area contributed by atoms with Crippen LogP contribution in [0.25, 0.3) is 0 Å². The number of hydrogen-bond donors (Lipinski definition) is 0. The van der Waals surface area contributed by atoms with Gasteiger partial charge in [0.2, 0.25) is 0 Å². The molecule has 1 aromatic heterocycles. The molecule has 1 heterocycles. The van der Waals surface area contributed by atoms with Gasteiger partial charge < -0.3 is 0 Å². The molecule has 0 saturated heterocycles. The highest BCUT2D eigenvalue weighted by molar-refractivity contribution is 9.08. The van der Waals surface area contributed by atoms with E-state index >= 15 is 0 Å². The fourth-order valence-corrected chi connectivity index (χ4v) is 1.39. The van der Waals surface area contributed by atoms with Crippen molar-refractivity contribution in [2.75, 3.05) is 0 Å². The fourth-order valence-electron chi connectivity index (χ4n) is 0.903. The molecule has 0 amide bonds. The van der Waals surface area contributed by atoms with E-state index in [0.29, 0.717) is 11.8 Å². The normalized spacial score (nSPS) is 10.5. The summed E-state index contributed by atoms with van der Waals surface area (Å²) in [4.78, 5) is 13.8. The smallest absolute Gasteiger partial charge is 0.265 e. The number of halogens is 3. The van der Waals surface area contributed by atoms with Crippen molar-refractivity contribution < 1.29 is 13.6 Å². The molecule has 0 atom stereocenters. The number of hydrogen-bond acceptors (Lipinski definition) is 2. The Bertz CT molecular complexity index is 317. The lowest BCUT2D eigenvalue weighted by Crippen LogP contribution is -1.97. The van der Waals surface area contributed by atoms with Crippen LogP contribution in [0, 0.1) is 0 Å². The summed E-state index contributed by atoms with van der Waals surface area (Å²) in [6, 6.07) is 1.35. The molecule has 0 bridgehead atoms. The van der Waals surface area contributed by atoms with Crippen molar-refractivity contribution in [3.8, 4) is 0 Å². The Morgan fingerprint density at radius 3 is 2.77 bits per heavy atom. The third-order valence-corrected chi connectivity index (χ3v) is 2.15. The van der Waals surface area contributed by atoms with Crippen LogP contribution in [0.4, 0.5) is 8.78 Å². The molecule has 0 saturated carbocycles. The maximum Gasteiger partial charge on any atom is 0.265 e. The number of nitrogens with zero attached hydrogens (tertiary/aromatic N) is 1. The zero-order chi connectivity index (χ0) is 9.84. The van der Waals surface area contributed by atoms with Gasteiger partial charge in [0.1, 0.15) is 5.69 Å². The first-order chi connectivity index (χ1) is 6.19. The first-order valence-electron chi connectivity index (χ1n) is 3.47. The molecule has 0 N–H and O–H groups in total. The molecule has 0 aliphatic rings. The number of alkyl halides is 3. The molecule has 1 rings (SSSR count). The average Bonchev–Trinajstić information content (AvgIpc) is 2.16. The second kappa shape index (κ2) is 4.41. The van der Waals surface area contributed by atoms with E-state index in [1.54, 1.807) is 0 Å². The summed E-state index contributed by atoms with van der Waals surface area (Å²) >= 11 is 3.06. The van der Waals surface area contributed by atoms with Gasteiger partial charge in [0, 0.05) is 17.1 Å². The molecule has 0 aliphatic heterocycles. The van der Waals surface area contributed by atoms with Crippen LogP contribution in [0.2, 0.25) is 0 Å². The van der Waals surface area contributed by atoms with Gasteiger partial charge in [-0.25, -0.2) is 8.78 Å². The van der Waals surface area contributed by atoms with Gasteiger partial charge in [0.15, 0.2) is 6.29 Å². The molecule has 5 heteroatoms. The number of carbonyl (C=O) groups excluding carboxylic acids is 1.